The molecule has 0 bridgehead atoms. The van der Waals surface area contributed by atoms with Crippen LogP contribution in [0, 0.1) is 0 Å². The van der Waals surface area contributed by atoms with E-state index in [4.69, 9.17) is 4.74 Å². The quantitative estimate of drug-likeness (QED) is 0.223. The number of methoxy groups -OCH3 is 1. The molecule has 1 heterocycles. The molecule has 0 radical (unpaired) electrons. The summed E-state index contributed by atoms with van der Waals surface area (Å²) in [5, 5.41) is 7.42. The molecule has 0 saturated carbocycles. The van der Waals surface area contributed by atoms with Gasteiger partial charge in [-0.15, -0.1) is 0 Å². The Bertz CT molecular complexity index is 1660. The SMILES string of the molecule is COc1cc2ncnc(Nc3ccc(S(=O)(=O)c4ccccc4)cc3)c2cc1NCCCN(C)CCS(C)(=O)=O. The molecule has 40 heavy (non-hydrogen) atoms. The molecular weight excluding hydrogens is 550 g/mol. The fourth-order valence-electron chi connectivity index (χ4n) is 4.09. The van der Waals surface area contributed by atoms with Gasteiger partial charge in [-0.25, -0.2) is 26.8 Å². The van der Waals surface area contributed by atoms with Crippen molar-refractivity contribution in [3.8, 4) is 5.75 Å². The summed E-state index contributed by atoms with van der Waals surface area (Å²) in [6.45, 7) is 1.88. The molecule has 0 fully saturated rings. The maximum atomic E-state index is 12.9. The van der Waals surface area contributed by atoms with E-state index >= 15 is 0 Å². The zero-order valence-electron chi connectivity index (χ0n) is 22.7. The molecule has 2 N–H and O–H groups in total. The lowest BCUT2D eigenvalue weighted by molar-refractivity contribution is 0.351. The van der Waals surface area contributed by atoms with E-state index < -0.39 is 19.7 Å². The Morgan fingerprint density at radius 1 is 0.900 bits per heavy atom. The zero-order chi connectivity index (χ0) is 28.8. The molecule has 4 rings (SSSR count). The van der Waals surface area contributed by atoms with Gasteiger partial charge in [0, 0.05) is 36.5 Å². The highest BCUT2D eigenvalue weighted by Gasteiger charge is 2.17. The first-order valence-electron chi connectivity index (χ1n) is 12.7. The maximum absolute atomic E-state index is 12.9. The van der Waals surface area contributed by atoms with Crippen molar-refractivity contribution in [1.82, 2.24) is 14.9 Å². The molecule has 212 valence electrons. The van der Waals surface area contributed by atoms with Crippen molar-refractivity contribution in [2.45, 2.75) is 16.2 Å². The minimum Gasteiger partial charge on any atom is -0.495 e. The van der Waals surface area contributed by atoms with E-state index in [1.54, 1.807) is 61.7 Å². The molecule has 0 aliphatic carbocycles. The van der Waals surface area contributed by atoms with Crippen LogP contribution in [0.5, 0.6) is 5.75 Å². The number of sulfone groups is 2. The summed E-state index contributed by atoms with van der Waals surface area (Å²) in [4.78, 5) is 11.2. The van der Waals surface area contributed by atoms with Gasteiger partial charge in [0.05, 0.1) is 33.9 Å². The van der Waals surface area contributed by atoms with Crippen LogP contribution in [0.15, 0.2) is 82.8 Å². The fraction of sp³-hybridized carbons (Fsp3) is 0.286. The van der Waals surface area contributed by atoms with Crippen molar-refractivity contribution < 1.29 is 21.6 Å². The Morgan fingerprint density at radius 2 is 1.60 bits per heavy atom. The molecule has 12 heteroatoms. The van der Waals surface area contributed by atoms with E-state index in [-0.39, 0.29) is 15.5 Å². The average molecular weight is 584 g/mol. The molecule has 3 aromatic carbocycles. The van der Waals surface area contributed by atoms with Crippen molar-refractivity contribution >= 4 is 47.8 Å². The topological polar surface area (TPSA) is 131 Å². The lowest BCUT2D eigenvalue weighted by atomic mass is 10.1. The van der Waals surface area contributed by atoms with Gasteiger partial charge in [-0.2, -0.15) is 0 Å². The standard InChI is InChI=1S/C28H33N5O5S2/c1-33(16-17-39(3,34)35)15-7-14-29-26-18-24-25(19-27(26)38-2)30-20-31-28(24)32-21-10-12-23(13-11-21)40(36,37)22-8-5-4-6-9-22/h4-6,8-13,18-20,29H,7,14-17H2,1-3H3,(H,30,31,32). The second-order valence-electron chi connectivity index (χ2n) is 9.47. The number of ether oxygens (including phenoxy) is 1. The highest BCUT2D eigenvalue weighted by Crippen LogP contribution is 2.33. The van der Waals surface area contributed by atoms with Gasteiger partial charge in [0.2, 0.25) is 9.84 Å². The number of rotatable bonds is 13. The van der Waals surface area contributed by atoms with Crippen LogP contribution in [0.25, 0.3) is 10.9 Å². The third-order valence-corrected chi connectivity index (χ3v) is 9.02. The minimum absolute atomic E-state index is 0.136. The first-order valence-corrected chi connectivity index (χ1v) is 16.2. The Kier molecular flexibility index (Phi) is 9.23. The molecule has 0 unspecified atom stereocenters. The smallest absolute Gasteiger partial charge is 0.206 e. The Labute approximate surface area is 235 Å². The zero-order valence-corrected chi connectivity index (χ0v) is 24.3. The third kappa shape index (κ3) is 7.46. The Balaban J connectivity index is 1.48. The van der Waals surface area contributed by atoms with E-state index in [0.29, 0.717) is 35.9 Å². The van der Waals surface area contributed by atoms with Crippen LogP contribution in [0.4, 0.5) is 17.2 Å². The molecule has 10 nitrogen and oxygen atoms in total. The first-order chi connectivity index (χ1) is 19.1. The number of aromatic nitrogens is 2. The van der Waals surface area contributed by atoms with Gasteiger partial charge in [-0.05, 0) is 62.5 Å². The van der Waals surface area contributed by atoms with Gasteiger partial charge >= 0.3 is 0 Å². The van der Waals surface area contributed by atoms with Gasteiger partial charge < -0.3 is 20.3 Å². The van der Waals surface area contributed by atoms with E-state index in [1.165, 1.54) is 12.6 Å². The van der Waals surface area contributed by atoms with Crippen LogP contribution in [0.3, 0.4) is 0 Å². The van der Waals surface area contributed by atoms with Gasteiger partial charge in [0.1, 0.15) is 27.7 Å². The van der Waals surface area contributed by atoms with Crippen molar-refractivity contribution in [1.29, 1.82) is 0 Å². The van der Waals surface area contributed by atoms with E-state index in [2.05, 4.69) is 20.6 Å². The molecule has 0 saturated heterocycles. The summed E-state index contributed by atoms with van der Waals surface area (Å²) in [6.07, 6.45) is 3.50. The minimum atomic E-state index is -3.61. The van der Waals surface area contributed by atoms with Crippen LogP contribution in [-0.2, 0) is 19.7 Å². The second kappa shape index (κ2) is 12.6. The van der Waals surface area contributed by atoms with E-state index in [9.17, 15) is 16.8 Å². The van der Waals surface area contributed by atoms with Gasteiger partial charge in [-0.3, -0.25) is 0 Å². The van der Waals surface area contributed by atoms with Crippen LogP contribution in [-0.4, -0.2) is 77.5 Å². The number of anilines is 3. The Hall–Kier alpha value is -3.74. The first kappa shape index (κ1) is 29.2. The van der Waals surface area contributed by atoms with Crippen molar-refractivity contribution in [2.75, 3.05) is 56.4 Å². The van der Waals surface area contributed by atoms with E-state index in [0.717, 1.165) is 24.0 Å². The number of nitrogens with one attached hydrogen (secondary N) is 2. The number of benzene rings is 3. The van der Waals surface area contributed by atoms with Crippen LogP contribution >= 0.6 is 0 Å². The predicted molar refractivity (Wildman–Crippen MR) is 158 cm³/mol. The summed E-state index contributed by atoms with van der Waals surface area (Å²) in [7, 11) is -3.10. The summed E-state index contributed by atoms with van der Waals surface area (Å²) in [5.74, 6) is 1.34. The Morgan fingerprint density at radius 3 is 2.27 bits per heavy atom. The van der Waals surface area contributed by atoms with Crippen LogP contribution in [0.2, 0.25) is 0 Å². The highest BCUT2D eigenvalue weighted by molar-refractivity contribution is 7.91. The lowest BCUT2D eigenvalue weighted by Gasteiger charge is -2.17. The number of fused-ring (bicyclic) bond motifs is 1. The van der Waals surface area contributed by atoms with Crippen molar-refractivity contribution in [3.63, 3.8) is 0 Å². The summed E-state index contributed by atoms with van der Waals surface area (Å²) in [5.41, 5.74) is 2.13. The molecule has 0 aliphatic rings. The van der Waals surface area contributed by atoms with E-state index in [1.807, 2.05) is 24.1 Å². The summed E-state index contributed by atoms with van der Waals surface area (Å²) in [6, 6.07) is 18.6. The summed E-state index contributed by atoms with van der Waals surface area (Å²) < 4.78 is 54.2. The molecule has 0 spiro atoms. The normalized spacial score (nSPS) is 12.0. The molecular formula is C28H33N5O5S2. The third-order valence-electron chi connectivity index (χ3n) is 6.31. The molecule has 1 aromatic heterocycles. The fourth-order valence-corrected chi connectivity index (χ4v) is 6.01. The summed E-state index contributed by atoms with van der Waals surface area (Å²) >= 11 is 0. The largest absolute Gasteiger partial charge is 0.495 e. The highest BCUT2D eigenvalue weighted by atomic mass is 32.2. The number of hydrogen-bond acceptors (Lipinski definition) is 10. The molecule has 4 aromatic rings. The average Bonchev–Trinajstić information content (AvgIpc) is 2.94. The van der Waals surface area contributed by atoms with Gasteiger partial charge in [0.25, 0.3) is 0 Å². The predicted octanol–water partition coefficient (Wildman–Crippen LogP) is 3.99. The van der Waals surface area contributed by atoms with Gasteiger partial charge in [0.15, 0.2) is 0 Å². The monoisotopic (exact) mass is 583 g/mol. The van der Waals surface area contributed by atoms with Crippen LogP contribution in [0.1, 0.15) is 6.42 Å². The van der Waals surface area contributed by atoms with Crippen molar-refractivity contribution in [3.05, 3.63) is 73.1 Å². The van der Waals surface area contributed by atoms with Crippen LogP contribution < -0.4 is 15.4 Å². The lowest BCUT2D eigenvalue weighted by Crippen LogP contribution is -2.27. The molecule has 0 atom stereocenters. The number of hydrogen-bond donors (Lipinski definition) is 2. The molecule has 0 amide bonds. The maximum Gasteiger partial charge on any atom is 0.206 e. The molecule has 0 aliphatic heterocycles. The van der Waals surface area contributed by atoms with Gasteiger partial charge in [-0.1, -0.05) is 18.2 Å². The van der Waals surface area contributed by atoms with Crippen molar-refractivity contribution in [2.24, 2.45) is 0 Å². The second-order valence-corrected chi connectivity index (χ2v) is 13.7. The number of nitrogens with zero attached hydrogens (tertiary/aromatic N) is 3.